The first-order valence-electron chi connectivity index (χ1n) is 7.93. The van der Waals surface area contributed by atoms with Crippen LogP contribution in [0.3, 0.4) is 0 Å². The zero-order valence-electron chi connectivity index (χ0n) is 14.5. The molecule has 8 heteroatoms. The fourth-order valence-corrected chi connectivity index (χ4v) is 2.82. The highest BCUT2D eigenvalue weighted by Gasteiger charge is 2.38. The first-order chi connectivity index (χ1) is 11.5. The summed E-state index contributed by atoms with van der Waals surface area (Å²) in [5.74, 6) is -4.69. The predicted molar refractivity (Wildman–Crippen MR) is 84.4 cm³/mol. The van der Waals surface area contributed by atoms with Crippen LogP contribution in [0.4, 0.5) is 18.0 Å². The van der Waals surface area contributed by atoms with E-state index in [0.29, 0.717) is 6.07 Å². The number of amides is 2. The molecular weight excluding hydrogens is 337 g/mol. The maximum atomic E-state index is 14.1. The minimum atomic E-state index is -1.29. The average molecular weight is 358 g/mol. The highest BCUT2D eigenvalue weighted by Crippen LogP contribution is 2.33. The summed E-state index contributed by atoms with van der Waals surface area (Å²) < 4.78 is 46.7. The van der Waals surface area contributed by atoms with Crippen molar-refractivity contribution < 1.29 is 27.5 Å². The summed E-state index contributed by atoms with van der Waals surface area (Å²) in [7, 11) is 0. The molecule has 1 heterocycles. The molecule has 1 aliphatic rings. The number of carbonyl (C=O) groups is 2. The Kier molecular flexibility index (Phi) is 5.29. The van der Waals surface area contributed by atoms with Crippen LogP contribution in [-0.2, 0) is 9.53 Å². The first kappa shape index (κ1) is 19.1. The fraction of sp³-hybridized carbons (Fsp3) is 0.529. The van der Waals surface area contributed by atoms with Gasteiger partial charge in [0.2, 0.25) is 5.91 Å². The van der Waals surface area contributed by atoms with E-state index in [-0.39, 0.29) is 6.42 Å². The van der Waals surface area contributed by atoms with E-state index in [0.717, 1.165) is 6.07 Å². The Balaban J connectivity index is 2.23. The molecule has 0 radical (unpaired) electrons. The SMILES string of the molecule is C[C@@H]1NC(=O)[C@@H](NC(=O)OC(C)(C)C)C[C@H]1c1c(F)ccc(F)c1F. The van der Waals surface area contributed by atoms with Crippen molar-refractivity contribution >= 4 is 12.0 Å². The van der Waals surface area contributed by atoms with Gasteiger partial charge in [0.05, 0.1) is 0 Å². The first-order valence-corrected chi connectivity index (χ1v) is 7.93. The minimum Gasteiger partial charge on any atom is -0.444 e. The quantitative estimate of drug-likeness (QED) is 0.799. The second kappa shape index (κ2) is 6.93. The molecular formula is C17H21F3N2O3. The largest absolute Gasteiger partial charge is 0.444 e. The van der Waals surface area contributed by atoms with Crippen molar-refractivity contribution in [2.75, 3.05) is 0 Å². The number of piperidine rings is 1. The van der Waals surface area contributed by atoms with E-state index < -0.39 is 58.6 Å². The molecule has 3 atom stereocenters. The van der Waals surface area contributed by atoms with Crippen molar-refractivity contribution in [1.82, 2.24) is 10.6 Å². The van der Waals surface area contributed by atoms with E-state index in [2.05, 4.69) is 10.6 Å². The molecule has 138 valence electrons. The number of hydrogen-bond acceptors (Lipinski definition) is 3. The van der Waals surface area contributed by atoms with Crippen LogP contribution in [0.1, 0.15) is 45.6 Å². The average Bonchev–Trinajstić information content (AvgIpc) is 2.46. The van der Waals surface area contributed by atoms with Crippen LogP contribution in [-0.4, -0.2) is 29.7 Å². The van der Waals surface area contributed by atoms with Gasteiger partial charge in [-0.1, -0.05) is 0 Å². The Hall–Kier alpha value is -2.25. The van der Waals surface area contributed by atoms with E-state index in [1.807, 2.05) is 0 Å². The molecule has 25 heavy (non-hydrogen) atoms. The number of hydrogen-bond donors (Lipinski definition) is 2. The van der Waals surface area contributed by atoms with Crippen molar-refractivity contribution in [1.29, 1.82) is 0 Å². The van der Waals surface area contributed by atoms with Crippen LogP contribution >= 0.6 is 0 Å². The summed E-state index contributed by atoms with van der Waals surface area (Å²) >= 11 is 0. The zero-order valence-corrected chi connectivity index (χ0v) is 14.5. The van der Waals surface area contributed by atoms with Crippen molar-refractivity contribution in [3.05, 3.63) is 35.1 Å². The third-order valence-electron chi connectivity index (χ3n) is 3.92. The Bertz CT molecular complexity index is 688. The lowest BCUT2D eigenvalue weighted by atomic mass is 9.82. The molecule has 1 aromatic rings. The Morgan fingerprint density at radius 2 is 1.84 bits per heavy atom. The number of halogens is 3. The smallest absolute Gasteiger partial charge is 0.408 e. The molecule has 0 unspecified atom stereocenters. The summed E-state index contributed by atoms with van der Waals surface area (Å²) in [5, 5.41) is 4.94. The second-order valence-corrected chi connectivity index (χ2v) is 7.10. The van der Waals surface area contributed by atoms with Gasteiger partial charge in [-0.05, 0) is 46.2 Å². The molecule has 2 amide bonds. The lowest BCUT2D eigenvalue weighted by Crippen LogP contribution is -2.56. The van der Waals surface area contributed by atoms with E-state index in [1.165, 1.54) is 0 Å². The Morgan fingerprint density at radius 3 is 2.44 bits per heavy atom. The zero-order chi connectivity index (χ0) is 18.9. The van der Waals surface area contributed by atoms with Crippen molar-refractivity contribution in [2.24, 2.45) is 0 Å². The maximum Gasteiger partial charge on any atom is 0.408 e. The lowest BCUT2D eigenvalue weighted by Gasteiger charge is -2.35. The molecule has 1 aliphatic heterocycles. The number of rotatable bonds is 2. The van der Waals surface area contributed by atoms with Crippen LogP contribution in [0.15, 0.2) is 12.1 Å². The molecule has 1 aromatic carbocycles. The van der Waals surface area contributed by atoms with Gasteiger partial charge in [0, 0.05) is 17.5 Å². The predicted octanol–water partition coefficient (Wildman–Crippen LogP) is 2.99. The van der Waals surface area contributed by atoms with Gasteiger partial charge in [0.1, 0.15) is 17.5 Å². The normalized spacial score (nSPS) is 23.8. The summed E-state index contributed by atoms with van der Waals surface area (Å²) in [6.45, 7) is 6.55. The van der Waals surface area contributed by atoms with Gasteiger partial charge in [0.25, 0.3) is 0 Å². The van der Waals surface area contributed by atoms with Gasteiger partial charge in [-0.15, -0.1) is 0 Å². The van der Waals surface area contributed by atoms with Crippen LogP contribution in [0, 0.1) is 17.5 Å². The molecule has 2 N–H and O–H groups in total. The second-order valence-electron chi connectivity index (χ2n) is 7.10. The van der Waals surface area contributed by atoms with E-state index >= 15 is 0 Å². The number of benzene rings is 1. The third kappa shape index (κ3) is 4.43. The maximum absolute atomic E-state index is 14.1. The van der Waals surface area contributed by atoms with Crippen LogP contribution < -0.4 is 10.6 Å². The molecule has 5 nitrogen and oxygen atoms in total. The standard InChI is InChI=1S/C17H21F3N2O3/c1-8-9(13-10(18)5-6-11(19)14(13)20)7-12(15(23)21-8)22-16(24)25-17(2,3)4/h5-6,8-9,12H,7H2,1-4H3,(H,21,23)(H,22,24)/t8-,9+,12-/m0/s1. The van der Waals surface area contributed by atoms with Crippen LogP contribution in [0.25, 0.3) is 0 Å². The van der Waals surface area contributed by atoms with Gasteiger partial charge < -0.3 is 15.4 Å². The lowest BCUT2D eigenvalue weighted by molar-refractivity contribution is -0.126. The van der Waals surface area contributed by atoms with Gasteiger partial charge >= 0.3 is 6.09 Å². The molecule has 0 saturated carbocycles. The van der Waals surface area contributed by atoms with Crippen molar-refractivity contribution in [3.63, 3.8) is 0 Å². The van der Waals surface area contributed by atoms with Crippen LogP contribution in [0.2, 0.25) is 0 Å². The number of nitrogens with one attached hydrogen (secondary N) is 2. The highest BCUT2D eigenvalue weighted by atomic mass is 19.2. The van der Waals surface area contributed by atoms with E-state index in [4.69, 9.17) is 4.74 Å². The monoisotopic (exact) mass is 358 g/mol. The summed E-state index contributed by atoms with van der Waals surface area (Å²) in [6.07, 6.45) is -0.898. The molecule has 0 aliphatic carbocycles. The van der Waals surface area contributed by atoms with Gasteiger partial charge in [-0.25, -0.2) is 18.0 Å². The number of ether oxygens (including phenoxy) is 1. The highest BCUT2D eigenvalue weighted by molar-refractivity contribution is 5.86. The fourth-order valence-electron chi connectivity index (χ4n) is 2.82. The summed E-state index contributed by atoms with van der Waals surface area (Å²) in [5.41, 5.74) is -1.20. The Labute approximate surface area is 143 Å². The van der Waals surface area contributed by atoms with E-state index in [1.54, 1.807) is 27.7 Å². The molecule has 0 bridgehead atoms. The third-order valence-corrected chi connectivity index (χ3v) is 3.92. The number of carbonyl (C=O) groups excluding carboxylic acids is 2. The molecule has 2 rings (SSSR count). The minimum absolute atomic E-state index is 0.0798. The van der Waals surface area contributed by atoms with Gasteiger partial charge in [-0.3, -0.25) is 4.79 Å². The Morgan fingerprint density at radius 1 is 1.24 bits per heavy atom. The molecule has 1 fully saturated rings. The van der Waals surface area contributed by atoms with Crippen molar-refractivity contribution in [3.8, 4) is 0 Å². The summed E-state index contributed by atoms with van der Waals surface area (Å²) in [6, 6.07) is -0.128. The topological polar surface area (TPSA) is 67.4 Å². The summed E-state index contributed by atoms with van der Waals surface area (Å²) in [4.78, 5) is 23.9. The van der Waals surface area contributed by atoms with Gasteiger partial charge in [-0.2, -0.15) is 0 Å². The molecule has 1 saturated heterocycles. The molecule has 0 aromatic heterocycles. The van der Waals surface area contributed by atoms with E-state index in [9.17, 15) is 22.8 Å². The van der Waals surface area contributed by atoms with Crippen molar-refractivity contribution in [2.45, 2.75) is 57.7 Å². The molecule has 0 spiro atoms. The van der Waals surface area contributed by atoms with Gasteiger partial charge in [0.15, 0.2) is 11.6 Å². The van der Waals surface area contributed by atoms with Crippen LogP contribution in [0.5, 0.6) is 0 Å². The number of alkyl carbamates (subject to hydrolysis) is 1.